The Bertz CT molecular complexity index is 640. The van der Waals surface area contributed by atoms with Crippen LogP contribution in [0.2, 0.25) is 0 Å². The Labute approximate surface area is 141 Å². The molecular formula is C17H24N4O3. The Morgan fingerprint density at radius 2 is 2.21 bits per heavy atom. The van der Waals surface area contributed by atoms with E-state index in [0.717, 1.165) is 37.8 Å². The van der Waals surface area contributed by atoms with Gasteiger partial charge >= 0.3 is 0 Å². The Morgan fingerprint density at radius 1 is 1.38 bits per heavy atom. The number of carbonyl (C=O) groups excluding carboxylic acids is 2. The van der Waals surface area contributed by atoms with Crippen molar-refractivity contribution >= 4 is 11.8 Å². The van der Waals surface area contributed by atoms with Crippen molar-refractivity contribution in [1.82, 2.24) is 19.6 Å². The molecule has 0 unspecified atom stereocenters. The average Bonchev–Trinajstić information content (AvgIpc) is 3.20. The minimum atomic E-state index is -0.253. The van der Waals surface area contributed by atoms with Crippen molar-refractivity contribution in [2.24, 2.45) is 5.92 Å². The number of aryl methyl sites for hydroxylation is 1. The molecule has 1 aromatic rings. The number of hydrogen-bond acceptors (Lipinski definition) is 4. The van der Waals surface area contributed by atoms with Crippen molar-refractivity contribution in [3.05, 3.63) is 18.0 Å². The number of carbonyl (C=O) groups is 2. The van der Waals surface area contributed by atoms with Crippen LogP contribution in [0.5, 0.6) is 0 Å². The van der Waals surface area contributed by atoms with Gasteiger partial charge in [0.05, 0.1) is 24.9 Å². The van der Waals surface area contributed by atoms with E-state index in [0.29, 0.717) is 19.3 Å². The summed E-state index contributed by atoms with van der Waals surface area (Å²) in [4.78, 5) is 28.7. The van der Waals surface area contributed by atoms with E-state index < -0.39 is 0 Å². The van der Waals surface area contributed by atoms with E-state index in [1.54, 1.807) is 11.1 Å². The lowest BCUT2D eigenvalue weighted by Gasteiger charge is -2.32. The van der Waals surface area contributed by atoms with E-state index in [-0.39, 0.29) is 30.4 Å². The van der Waals surface area contributed by atoms with Gasteiger partial charge in [-0.05, 0) is 32.6 Å². The van der Waals surface area contributed by atoms with Gasteiger partial charge in [0.1, 0.15) is 6.54 Å². The predicted octanol–water partition coefficient (Wildman–Crippen LogP) is 1.16. The zero-order chi connectivity index (χ0) is 16.7. The third kappa shape index (κ3) is 2.81. The number of amides is 2. The van der Waals surface area contributed by atoms with Crippen LogP contribution in [-0.2, 0) is 20.9 Å². The van der Waals surface area contributed by atoms with E-state index in [4.69, 9.17) is 4.74 Å². The molecule has 130 valence electrons. The Balaban J connectivity index is 1.50. The average molecular weight is 332 g/mol. The second-order valence-electron chi connectivity index (χ2n) is 6.94. The molecule has 0 aromatic carbocycles. The lowest BCUT2D eigenvalue weighted by molar-refractivity contribution is -0.145. The quantitative estimate of drug-likeness (QED) is 0.830. The minimum Gasteiger partial charge on any atom is -0.373 e. The summed E-state index contributed by atoms with van der Waals surface area (Å²) in [5, 5.41) is 4.31. The summed E-state index contributed by atoms with van der Waals surface area (Å²) in [5.41, 5.74) is 0.958. The molecule has 0 spiro atoms. The Kier molecular flexibility index (Phi) is 4.04. The highest BCUT2D eigenvalue weighted by Gasteiger charge is 2.43. The first-order chi connectivity index (χ1) is 11.7. The van der Waals surface area contributed by atoms with Crippen LogP contribution >= 0.6 is 0 Å². The first kappa shape index (κ1) is 15.6. The molecule has 7 heteroatoms. The van der Waals surface area contributed by atoms with Crippen LogP contribution in [0.15, 0.2) is 12.4 Å². The number of ether oxygens (including phenoxy) is 1. The number of hydrogen-bond donors (Lipinski definition) is 0. The van der Waals surface area contributed by atoms with Gasteiger partial charge in [0.2, 0.25) is 11.8 Å². The molecule has 1 aliphatic carbocycles. The molecule has 2 amide bonds. The highest BCUT2D eigenvalue weighted by Crippen LogP contribution is 2.36. The molecule has 0 N–H and O–H groups in total. The zero-order valence-corrected chi connectivity index (χ0v) is 14.1. The van der Waals surface area contributed by atoms with Crippen molar-refractivity contribution in [3.63, 3.8) is 0 Å². The summed E-state index contributed by atoms with van der Waals surface area (Å²) in [7, 11) is 0. The fraction of sp³-hybridized carbons (Fsp3) is 0.706. The molecule has 1 saturated carbocycles. The van der Waals surface area contributed by atoms with E-state index >= 15 is 0 Å². The number of rotatable bonds is 4. The molecule has 24 heavy (non-hydrogen) atoms. The van der Waals surface area contributed by atoms with Gasteiger partial charge in [-0.1, -0.05) is 0 Å². The van der Waals surface area contributed by atoms with E-state index in [1.165, 1.54) is 0 Å². The molecule has 1 aromatic heterocycles. The summed E-state index contributed by atoms with van der Waals surface area (Å²) in [6, 6.07) is 0.358. The van der Waals surface area contributed by atoms with Crippen LogP contribution in [0, 0.1) is 5.92 Å². The van der Waals surface area contributed by atoms with E-state index in [9.17, 15) is 9.59 Å². The normalized spacial score (nSPS) is 27.8. The largest absolute Gasteiger partial charge is 0.373 e. The lowest BCUT2D eigenvalue weighted by atomic mass is 9.89. The minimum absolute atomic E-state index is 0.0421. The van der Waals surface area contributed by atoms with Gasteiger partial charge in [-0.3, -0.25) is 14.3 Å². The van der Waals surface area contributed by atoms with Gasteiger partial charge in [0, 0.05) is 31.0 Å². The topological polar surface area (TPSA) is 67.7 Å². The Hall–Kier alpha value is -1.89. The van der Waals surface area contributed by atoms with Gasteiger partial charge in [0.15, 0.2) is 0 Å². The second kappa shape index (κ2) is 6.20. The number of nitrogens with zero attached hydrogens (tertiary/aromatic N) is 4. The molecule has 3 aliphatic rings. The molecular weight excluding hydrogens is 308 g/mol. The van der Waals surface area contributed by atoms with Crippen LogP contribution < -0.4 is 0 Å². The highest BCUT2D eigenvalue weighted by molar-refractivity contribution is 5.89. The van der Waals surface area contributed by atoms with Crippen LogP contribution in [0.1, 0.15) is 44.3 Å². The van der Waals surface area contributed by atoms with Crippen LogP contribution in [0.4, 0.5) is 0 Å². The Morgan fingerprint density at radius 3 is 2.92 bits per heavy atom. The molecule has 2 saturated heterocycles. The van der Waals surface area contributed by atoms with Gasteiger partial charge in [-0.25, -0.2) is 0 Å². The van der Waals surface area contributed by atoms with Gasteiger partial charge in [0.25, 0.3) is 0 Å². The predicted molar refractivity (Wildman–Crippen MR) is 85.8 cm³/mol. The SMILES string of the molecule is CCn1cc([C@@H]2OCCC[C@H]2C(=O)N2CC(=O)N(C3CC3)C2)cn1. The van der Waals surface area contributed by atoms with Crippen molar-refractivity contribution in [2.75, 3.05) is 19.8 Å². The van der Waals surface area contributed by atoms with Crippen molar-refractivity contribution in [2.45, 2.75) is 51.3 Å². The summed E-state index contributed by atoms with van der Waals surface area (Å²) in [5.74, 6) is -0.0985. The van der Waals surface area contributed by atoms with E-state index in [1.807, 2.05) is 22.7 Å². The maximum absolute atomic E-state index is 13.0. The molecule has 3 heterocycles. The van der Waals surface area contributed by atoms with Crippen LogP contribution in [0.25, 0.3) is 0 Å². The molecule has 2 aliphatic heterocycles. The van der Waals surface area contributed by atoms with Crippen LogP contribution in [0.3, 0.4) is 0 Å². The second-order valence-corrected chi connectivity index (χ2v) is 6.94. The summed E-state index contributed by atoms with van der Waals surface area (Å²) in [6.07, 6.45) is 7.32. The van der Waals surface area contributed by atoms with Gasteiger partial charge in [-0.2, -0.15) is 5.10 Å². The fourth-order valence-electron chi connectivity index (χ4n) is 3.72. The van der Waals surface area contributed by atoms with Gasteiger partial charge < -0.3 is 14.5 Å². The zero-order valence-electron chi connectivity index (χ0n) is 14.1. The first-order valence-electron chi connectivity index (χ1n) is 8.89. The summed E-state index contributed by atoms with van der Waals surface area (Å²) >= 11 is 0. The smallest absolute Gasteiger partial charge is 0.243 e. The third-order valence-corrected chi connectivity index (χ3v) is 5.21. The molecule has 2 atom stereocenters. The third-order valence-electron chi connectivity index (χ3n) is 5.21. The lowest BCUT2D eigenvalue weighted by Crippen LogP contribution is -2.40. The first-order valence-corrected chi connectivity index (χ1v) is 8.89. The van der Waals surface area contributed by atoms with Crippen molar-refractivity contribution in [3.8, 4) is 0 Å². The highest BCUT2D eigenvalue weighted by atomic mass is 16.5. The van der Waals surface area contributed by atoms with Crippen LogP contribution in [-0.4, -0.2) is 57.3 Å². The maximum atomic E-state index is 13.0. The monoisotopic (exact) mass is 332 g/mol. The maximum Gasteiger partial charge on any atom is 0.243 e. The summed E-state index contributed by atoms with van der Waals surface area (Å²) in [6.45, 7) is 4.15. The van der Waals surface area contributed by atoms with Crippen molar-refractivity contribution < 1.29 is 14.3 Å². The molecule has 7 nitrogen and oxygen atoms in total. The standard InChI is InChI=1S/C17H24N4O3/c1-2-20-9-12(8-18-20)16-14(4-3-7-24-16)17(23)19-10-15(22)21(11-19)13-5-6-13/h8-9,13-14,16H,2-7,10-11H2,1H3/t14-,16+/m1/s1. The van der Waals surface area contributed by atoms with Gasteiger partial charge in [-0.15, -0.1) is 0 Å². The molecule has 0 radical (unpaired) electrons. The number of aromatic nitrogens is 2. The van der Waals surface area contributed by atoms with Crippen molar-refractivity contribution in [1.29, 1.82) is 0 Å². The molecule has 4 rings (SSSR count). The van der Waals surface area contributed by atoms with E-state index in [2.05, 4.69) is 5.10 Å². The summed E-state index contributed by atoms with van der Waals surface area (Å²) < 4.78 is 7.78. The molecule has 3 fully saturated rings. The fourth-order valence-corrected chi connectivity index (χ4v) is 3.72. The molecule has 0 bridgehead atoms.